The maximum absolute atomic E-state index is 13.3. The Morgan fingerprint density at radius 1 is 0.575 bits per heavy atom. The number of hydrogen-bond acceptors (Lipinski definition) is 27. The molecular weight excluding hydrogens is 1070 g/mol. The summed E-state index contributed by atoms with van der Waals surface area (Å²) in [6.45, 7) is -1.77. The summed E-state index contributed by atoms with van der Waals surface area (Å²) in [4.78, 5) is 60.1. The summed E-state index contributed by atoms with van der Waals surface area (Å²) < 4.78 is 21.4. The van der Waals surface area contributed by atoms with Crippen molar-refractivity contribution in [3.05, 3.63) is 48.5 Å². The Labute approximate surface area is 458 Å². The molecule has 9 unspecified atom stereocenters. The predicted octanol–water partition coefficient (Wildman–Crippen LogP) is -8.09. The number of amides is 4. The van der Waals surface area contributed by atoms with Gasteiger partial charge in [0.2, 0.25) is 23.6 Å². The zero-order chi connectivity index (χ0) is 59.2. The van der Waals surface area contributed by atoms with Crippen molar-refractivity contribution in [2.75, 3.05) is 69.8 Å². The van der Waals surface area contributed by atoms with Gasteiger partial charge in [0.05, 0.1) is 37.8 Å². The van der Waals surface area contributed by atoms with Crippen molar-refractivity contribution < 1.29 is 120 Å². The number of ether oxygens (including phenoxy) is 4. The highest BCUT2D eigenvalue weighted by atomic mass is 16.7. The molecule has 0 aliphatic carbocycles. The Hall–Kier alpha value is -5.18. The van der Waals surface area contributed by atoms with E-state index in [0.717, 1.165) is 12.4 Å². The fourth-order valence-electron chi connectivity index (χ4n) is 7.99. The maximum atomic E-state index is 13.3. The molecule has 2 aliphatic rings. The van der Waals surface area contributed by atoms with Crippen molar-refractivity contribution in [3.63, 3.8) is 0 Å². The summed E-state index contributed by atoms with van der Waals surface area (Å²) in [6.07, 6.45) is -31.5. The van der Waals surface area contributed by atoms with Gasteiger partial charge in [-0.3, -0.25) is 29.2 Å². The van der Waals surface area contributed by atoms with E-state index >= 15 is 0 Å². The van der Waals surface area contributed by atoms with E-state index in [0.29, 0.717) is 0 Å². The van der Waals surface area contributed by atoms with E-state index < -0.39 is 148 Å². The van der Waals surface area contributed by atoms with Crippen LogP contribution in [-0.4, -0.2) is 292 Å². The standard InChI is InChI=1S/C49H75N7O24/c1-24(61)50-11-8-35(66)51-12-15-56(13-9-36(67)54-27-6-2-4-25(16-27)52-18-29(62)38(69)46(31(64)20-57)79-48-44(75)42(73)40(71)33(22-59)77-48)14-10-37(68)55-28-7-3-5-26(17-28)53-19-30(63)39(70)47(32(65)21-58)80-49-45(76)43(74)41(72)34(23-60)78-49/h2-7,16-19,29-34,38-49,57-60,62-65,69-76H,8-15,20-23H2,1H3,(H,50,61)(H,51,66)(H,54,67)(H,55,68)/b52-18-,53-19+/t29?,30?,31?,32?,33?,34?,38-,39-,40+,41+,42+,43+,44?,45?,46+,47+,48?,49+/m0/s1. The van der Waals surface area contributed by atoms with Crippen LogP contribution in [0, 0.1) is 0 Å². The van der Waals surface area contributed by atoms with Gasteiger partial charge in [-0.15, -0.1) is 0 Å². The fraction of sp³-hybridized carbons (Fsp3) is 0.633. The van der Waals surface area contributed by atoms with Gasteiger partial charge in [-0.1, -0.05) is 12.1 Å². The summed E-state index contributed by atoms with van der Waals surface area (Å²) in [5.41, 5.74) is 0.814. The van der Waals surface area contributed by atoms with Gasteiger partial charge >= 0.3 is 0 Å². The lowest BCUT2D eigenvalue weighted by molar-refractivity contribution is -0.326. The lowest BCUT2D eigenvalue weighted by atomic mass is 9.98. The number of aliphatic imine (C=N–C) groups is 2. The Morgan fingerprint density at radius 3 is 1.39 bits per heavy atom. The van der Waals surface area contributed by atoms with Gasteiger partial charge in [-0.05, 0) is 36.4 Å². The van der Waals surface area contributed by atoms with Gasteiger partial charge in [0.1, 0.15) is 97.7 Å². The normalized spacial score (nSPS) is 26.5. The van der Waals surface area contributed by atoms with Crippen LogP contribution in [0.25, 0.3) is 0 Å². The van der Waals surface area contributed by atoms with E-state index in [9.17, 15) is 101 Å². The minimum Gasteiger partial charge on any atom is -0.394 e. The number of aliphatic hydroxyl groups excluding tert-OH is 16. The van der Waals surface area contributed by atoms with Gasteiger partial charge in [0, 0.05) is 82.7 Å². The molecule has 2 aromatic carbocycles. The lowest BCUT2D eigenvalue weighted by Crippen LogP contribution is -2.61. The van der Waals surface area contributed by atoms with E-state index in [1.807, 2.05) is 0 Å². The first kappa shape index (κ1) is 67.3. The van der Waals surface area contributed by atoms with E-state index in [2.05, 4.69) is 31.3 Å². The topological polar surface area (TPSA) is 505 Å². The smallest absolute Gasteiger partial charge is 0.225 e. The number of carbonyl (C=O) groups is 4. The number of aliphatic hydroxyl groups is 16. The van der Waals surface area contributed by atoms with Crippen LogP contribution in [0.4, 0.5) is 22.7 Å². The van der Waals surface area contributed by atoms with Crippen molar-refractivity contribution in [1.82, 2.24) is 15.5 Å². The number of nitrogens with zero attached hydrogens (tertiary/aromatic N) is 3. The highest BCUT2D eigenvalue weighted by molar-refractivity contribution is 5.92. The molecule has 80 heavy (non-hydrogen) atoms. The number of benzene rings is 2. The first-order chi connectivity index (χ1) is 38.0. The Morgan fingerprint density at radius 2 is 1.00 bits per heavy atom. The third-order valence-electron chi connectivity index (χ3n) is 12.6. The highest BCUT2D eigenvalue weighted by Crippen LogP contribution is 2.28. The Bertz CT molecular complexity index is 2150. The number of rotatable bonds is 32. The molecular formula is C49H75N7O24. The van der Waals surface area contributed by atoms with Crippen molar-refractivity contribution in [2.45, 2.75) is 136 Å². The molecule has 0 radical (unpaired) electrons. The molecule has 2 fully saturated rings. The van der Waals surface area contributed by atoms with Crippen LogP contribution in [0.2, 0.25) is 0 Å². The number of nitrogens with one attached hydrogen (secondary N) is 4. The molecule has 4 rings (SSSR count). The molecule has 31 nitrogen and oxygen atoms in total. The lowest BCUT2D eigenvalue weighted by Gasteiger charge is -2.42. The van der Waals surface area contributed by atoms with E-state index in [1.54, 1.807) is 4.90 Å². The van der Waals surface area contributed by atoms with Crippen LogP contribution < -0.4 is 21.3 Å². The second-order valence-corrected chi connectivity index (χ2v) is 18.7. The number of hydrogen-bond donors (Lipinski definition) is 20. The second kappa shape index (κ2) is 33.7. The van der Waals surface area contributed by atoms with Crippen LogP contribution in [0.15, 0.2) is 58.5 Å². The molecule has 2 aliphatic heterocycles. The third kappa shape index (κ3) is 20.7. The first-order valence-corrected chi connectivity index (χ1v) is 25.4. The largest absolute Gasteiger partial charge is 0.394 e. The number of carbonyl (C=O) groups excluding carboxylic acids is 4. The monoisotopic (exact) mass is 1150 g/mol. The second-order valence-electron chi connectivity index (χ2n) is 18.7. The molecule has 0 saturated carbocycles. The van der Waals surface area contributed by atoms with Crippen molar-refractivity contribution >= 4 is 58.8 Å². The molecule has 2 saturated heterocycles. The predicted molar refractivity (Wildman–Crippen MR) is 276 cm³/mol. The van der Waals surface area contributed by atoms with Gasteiger partial charge in [0.15, 0.2) is 12.6 Å². The van der Waals surface area contributed by atoms with Crippen LogP contribution in [-0.2, 0) is 38.1 Å². The van der Waals surface area contributed by atoms with Crippen LogP contribution in [0.5, 0.6) is 0 Å². The minimum atomic E-state index is -2.04. The average Bonchev–Trinajstić information content (AvgIpc) is 3.44. The number of anilines is 2. The van der Waals surface area contributed by atoms with E-state index in [1.165, 1.54) is 55.5 Å². The fourth-order valence-corrected chi connectivity index (χ4v) is 7.99. The van der Waals surface area contributed by atoms with Gasteiger partial charge < -0.3 is 127 Å². The zero-order valence-corrected chi connectivity index (χ0v) is 43.4. The van der Waals surface area contributed by atoms with Gasteiger partial charge in [-0.2, -0.15) is 0 Å². The van der Waals surface area contributed by atoms with Crippen molar-refractivity contribution in [2.24, 2.45) is 9.98 Å². The zero-order valence-electron chi connectivity index (χ0n) is 43.4. The minimum absolute atomic E-state index is 0.00364. The molecule has 20 N–H and O–H groups in total. The van der Waals surface area contributed by atoms with Crippen molar-refractivity contribution in [1.29, 1.82) is 0 Å². The van der Waals surface area contributed by atoms with Crippen molar-refractivity contribution in [3.8, 4) is 0 Å². The molecule has 0 bridgehead atoms. The first-order valence-electron chi connectivity index (χ1n) is 25.4. The van der Waals surface area contributed by atoms with E-state index in [4.69, 9.17) is 18.9 Å². The maximum Gasteiger partial charge on any atom is 0.225 e. The third-order valence-corrected chi connectivity index (χ3v) is 12.6. The SMILES string of the molecule is CC(=O)NCCC(=O)NCCN(CCC(=O)Nc1cccc(/N=C\C(O)[C@H](O)[C@H](OC2OC(CO)[C@@H](O)[C@@H](O)C2O)C(O)CO)c1)CCC(=O)Nc1cccc(/N=C/C(O)[C@H](O)[C@H](O[C@H]2OC(CO)[C@@H](O)[C@@H](O)C2O)C(O)CO)c1. The Kier molecular flexibility index (Phi) is 28.3. The van der Waals surface area contributed by atoms with E-state index in [-0.39, 0.29) is 86.6 Å². The molecule has 4 amide bonds. The summed E-state index contributed by atoms with van der Waals surface area (Å²) in [6, 6.07) is 11.9. The molecule has 450 valence electrons. The molecule has 18 atom stereocenters. The highest BCUT2D eigenvalue weighted by Gasteiger charge is 2.48. The Balaban J connectivity index is 1.36. The summed E-state index contributed by atoms with van der Waals surface area (Å²) in [5, 5.41) is 174. The van der Waals surface area contributed by atoms with Crippen LogP contribution in [0.1, 0.15) is 26.2 Å². The van der Waals surface area contributed by atoms with Gasteiger partial charge in [0.25, 0.3) is 0 Å². The molecule has 2 heterocycles. The summed E-state index contributed by atoms with van der Waals surface area (Å²) in [7, 11) is 0. The molecule has 0 aromatic heterocycles. The van der Waals surface area contributed by atoms with Crippen LogP contribution in [0.3, 0.4) is 0 Å². The molecule has 0 spiro atoms. The summed E-state index contributed by atoms with van der Waals surface area (Å²) in [5.74, 6) is -1.65. The quantitative estimate of drug-likeness (QED) is 0.0303. The molecule has 31 heteroatoms. The average molecular weight is 1150 g/mol. The van der Waals surface area contributed by atoms with Gasteiger partial charge in [-0.25, -0.2) is 0 Å². The summed E-state index contributed by atoms with van der Waals surface area (Å²) >= 11 is 0. The molecule has 2 aromatic rings. The van der Waals surface area contributed by atoms with Crippen LogP contribution >= 0.6 is 0 Å².